The number of carbonyl (C=O) groups excluding carboxylic acids is 2. The summed E-state index contributed by atoms with van der Waals surface area (Å²) in [5.41, 5.74) is 0. The lowest BCUT2D eigenvalue weighted by atomic mass is 9.91. The third-order valence-corrected chi connectivity index (χ3v) is 6.21. The van der Waals surface area contributed by atoms with E-state index in [9.17, 15) is 9.59 Å². The first-order valence-electron chi connectivity index (χ1n) is 13.4. The predicted octanol–water partition coefficient (Wildman–Crippen LogP) is 8.02. The SMILES string of the molecule is CCCCCCCCCOC(=O)C(CC)CC(CC)C(=O)OCCCCCCCCC. The third kappa shape index (κ3) is 17.2. The lowest BCUT2D eigenvalue weighted by Crippen LogP contribution is -2.26. The molecule has 0 radical (unpaired) electrons. The van der Waals surface area contributed by atoms with E-state index in [4.69, 9.17) is 9.47 Å². The van der Waals surface area contributed by atoms with Gasteiger partial charge in [-0.05, 0) is 32.1 Å². The van der Waals surface area contributed by atoms with Crippen LogP contribution in [0.3, 0.4) is 0 Å². The maximum absolute atomic E-state index is 12.5. The van der Waals surface area contributed by atoms with Crippen molar-refractivity contribution in [3.05, 3.63) is 0 Å². The van der Waals surface area contributed by atoms with Crippen molar-refractivity contribution in [2.24, 2.45) is 11.8 Å². The van der Waals surface area contributed by atoms with Crippen LogP contribution in [0.2, 0.25) is 0 Å². The van der Waals surface area contributed by atoms with Gasteiger partial charge in [0, 0.05) is 0 Å². The Morgan fingerprint density at radius 1 is 0.516 bits per heavy atom. The molecule has 2 unspecified atom stereocenters. The smallest absolute Gasteiger partial charge is 0.308 e. The van der Waals surface area contributed by atoms with Gasteiger partial charge in [0.25, 0.3) is 0 Å². The van der Waals surface area contributed by atoms with Crippen LogP contribution in [0.25, 0.3) is 0 Å². The molecule has 0 aliphatic carbocycles. The zero-order chi connectivity index (χ0) is 23.2. The largest absolute Gasteiger partial charge is 0.465 e. The van der Waals surface area contributed by atoms with Gasteiger partial charge in [0.05, 0.1) is 25.0 Å². The Labute approximate surface area is 193 Å². The van der Waals surface area contributed by atoms with Gasteiger partial charge in [0.1, 0.15) is 0 Å². The van der Waals surface area contributed by atoms with Crippen molar-refractivity contribution in [3.8, 4) is 0 Å². The minimum atomic E-state index is -0.208. The Balaban J connectivity index is 4.02. The molecule has 0 spiro atoms. The average Bonchev–Trinajstić information content (AvgIpc) is 2.77. The van der Waals surface area contributed by atoms with E-state index in [1.54, 1.807) is 0 Å². The standard InChI is InChI=1S/C27H52O4/c1-5-9-11-13-15-17-19-21-30-26(28)24(7-3)23-25(8-4)27(29)31-22-20-18-16-14-12-10-6-2/h24-25H,5-23H2,1-4H3. The van der Waals surface area contributed by atoms with E-state index >= 15 is 0 Å². The number of hydrogen-bond donors (Lipinski definition) is 0. The molecule has 0 aromatic rings. The fourth-order valence-electron chi connectivity index (χ4n) is 3.90. The molecule has 184 valence electrons. The van der Waals surface area contributed by atoms with Gasteiger partial charge >= 0.3 is 11.9 Å². The molecule has 0 bridgehead atoms. The van der Waals surface area contributed by atoms with Gasteiger partial charge in [-0.2, -0.15) is 0 Å². The number of esters is 2. The first kappa shape index (κ1) is 29.9. The van der Waals surface area contributed by atoms with Crippen LogP contribution in [0.5, 0.6) is 0 Å². The minimum absolute atomic E-state index is 0.146. The Bertz CT molecular complexity index is 383. The van der Waals surface area contributed by atoms with E-state index in [2.05, 4.69) is 13.8 Å². The summed E-state index contributed by atoms with van der Waals surface area (Å²) in [6, 6.07) is 0. The van der Waals surface area contributed by atoms with Crippen LogP contribution >= 0.6 is 0 Å². The lowest BCUT2D eigenvalue weighted by Gasteiger charge is -2.20. The summed E-state index contributed by atoms with van der Waals surface area (Å²) in [7, 11) is 0. The summed E-state index contributed by atoms with van der Waals surface area (Å²) in [5.74, 6) is -0.708. The second-order valence-corrected chi connectivity index (χ2v) is 9.02. The zero-order valence-electron chi connectivity index (χ0n) is 21.2. The molecule has 0 saturated carbocycles. The maximum atomic E-state index is 12.5. The molecule has 4 heteroatoms. The molecule has 0 fully saturated rings. The lowest BCUT2D eigenvalue weighted by molar-refractivity contribution is -0.153. The second-order valence-electron chi connectivity index (χ2n) is 9.02. The van der Waals surface area contributed by atoms with Crippen molar-refractivity contribution in [1.82, 2.24) is 0 Å². The van der Waals surface area contributed by atoms with E-state index in [0.29, 0.717) is 32.5 Å². The van der Waals surface area contributed by atoms with E-state index in [0.717, 1.165) is 25.7 Å². The normalized spacial score (nSPS) is 13.0. The van der Waals surface area contributed by atoms with Crippen LogP contribution in [-0.4, -0.2) is 25.2 Å². The monoisotopic (exact) mass is 440 g/mol. The molecule has 2 atom stereocenters. The van der Waals surface area contributed by atoms with Crippen LogP contribution in [0.4, 0.5) is 0 Å². The van der Waals surface area contributed by atoms with E-state index in [1.807, 2.05) is 13.8 Å². The molecule has 4 nitrogen and oxygen atoms in total. The third-order valence-electron chi connectivity index (χ3n) is 6.21. The van der Waals surface area contributed by atoms with Crippen LogP contribution in [0.15, 0.2) is 0 Å². The Kier molecular flexibility index (Phi) is 21.4. The minimum Gasteiger partial charge on any atom is -0.465 e. The van der Waals surface area contributed by atoms with Crippen LogP contribution in [-0.2, 0) is 19.1 Å². The van der Waals surface area contributed by atoms with Crippen LogP contribution < -0.4 is 0 Å². The number of unbranched alkanes of at least 4 members (excludes halogenated alkanes) is 12. The van der Waals surface area contributed by atoms with Crippen LogP contribution in [0.1, 0.15) is 137 Å². The molecule has 0 aromatic heterocycles. The van der Waals surface area contributed by atoms with Crippen molar-refractivity contribution in [2.75, 3.05) is 13.2 Å². The fraction of sp³-hybridized carbons (Fsp3) is 0.926. The summed E-state index contributed by atoms with van der Waals surface area (Å²) < 4.78 is 11.0. The van der Waals surface area contributed by atoms with E-state index in [1.165, 1.54) is 64.2 Å². The van der Waals surface area contributed by atoms with Gasteiger partial charge in [-0.1, -0.05) is 105 Å². The van der Waals surface area contributed by atoms with Crippen molar-refractivity contribution < 1.29 is 19.1 Å². The highest BCUT2D eigenvalue weighted by Gasteiger charge is 2.27. The highest BCUT2D eigenvalue weighted by atomic mass is 16.5. The van der Waals surface area contributed by atoms with Crippen molar-refractivity contribution in [1.29, 1.82) is 0 Å². The molecule has 0 aliphatic heterocycles. The van der Waals surface area contributed by atoms with Crippen molar-refractivity contribution >= 4 is 11.9 Å². The highest BCUT2D eigenvalue weighted by molar-refractivity contribution is 5.76. The molecule has 0 amide bonds. The molecular weight excluding hydrogens is 388 g/mol. The molecule has 0 N–H and O–H groups in total. The summed E-state index contributed by atoms with van der Waals surface area (Å²) in [4.78, 5) is 24.9. The van der Waals surface area contributed by atoms with Gasteiger partial charge < -0.3 is 9.47 Å². The topological polar surface area (TPSA) is 52.6 Å². The predicted molar refractivity (Wildman–Crippen MR) is 130 cm³/mol. The molecule has 0 saturated heterocycles. The van der Waals surface area contributed by atoms with Gasteiger partial charge in [-0.15, -0.1) is 0 Å². The summed E-state index contributed by atoms with van der Waals surface area (Å²) in [5, 5.41) is 0. The van der Waals surface area contributed by atoms with Gasteiger partial charge in [0.15, 0.2) is 0 Å². The van der Waals surface area contributed by atoms with Gasteiger partial charge in [0.2, 0.25) is 0 Å². The molecule has 0 heterocycles. The maximum Gasteiger partial charge on any atom is 0.308 e. The Hall–Kier alpha value is -1.06. The second kappa shape index (κ2) is 22.1. The first-order valence-corrected chi connectivity index (χ1v) is 13.4. The van der Waals surface area contributed by atoms with Crippen molar-refractivity contribution in [2.45, 2.75) is 137 Å². The Morgan fingerprint density at radius 3 is 1.16 bits per heavy atom. The number of rotatable bonds is 22. The summed E-state index contributed by atoms with van der Waals surface area (Å²) in [6.07, 6.45) is 18.8. The Morgan fingerprint density at radius 2 is 0.839 bits per heavy atom. The summed E-state index contributed by atoms with van der Waals surface area (Å²) in [6.45, 7) is 9.45. The van der Waals surface area contributed by atoms with Gasteiger partial charge in [-0.3, -0.25) is 9.59 Å². The van der Waals surface area contributed by atoms with Gasteiger partial charge in [-0.25, -0.2) is 0 Å². The quantitative estimate of drug-likeness (QED) is 0.126. The first-order chi connectivity index (χ1) is 15.1. The number of ether oxygens (including phenoxy) is 2. The molecule has 0 aliphatic rings. The highest BCUT2D eigenvalue weighted by Crippen LogP contribution is 2.22. The summed E-state index contributed by atoms with van der Waals surface area (Å²) >= 11 is 0. The number of hydrogen-bond acceptors (Lipinski definition) is 4. The molecular formula is C27H52O4. The van der Waals surface area contributed by atoms with Crippen LogP contribution in [0, 0.1) is 11.8 Å². The molecule has 31 heavy (non-hydrogen) atoms. The van der Waals surface area contributed by atoms with Crippen molar-refractivity contribution in [3.63, 3.8) is 0 Å². The molecule has 0 rings (SSSR count). The molecule has 0 aromatic carbocycles. The van der Waals surface area contributed by atoms with E-state index < -0.39 is 0 Å². The fourth-order valence-corrected chi connectivity index (χ4v) is 3.90. The van der Waals surface area contributed by atoms with E-state index in [-0.39, 0.29) is 23.8 Å². The number of carbonyl (C=O) groups is 2. The average molecular weight is 441 g/mol. The zero-order valence-corrected chi connectivity index (χ0v) is 21.2.